The summed E-state index contributed by atoms with van der Waals surface area (Å²) < 4.78 is 6.14. The average molecular weight is 444 g/mol. The number of urea groups is 1. The van der Waals surface area contributed by atoms with Crippen molar-refractivity contribution in [3.8, 4) is 0 Å². The molecule has 0 spiro atoms. The highest BCUT2D eigenvalue weighted by atomic mass is 16.6. The van der Waals surface area contributed by atoms with Gasteiger partial charge in [0.2, 0.25) is 5.91 Å². The molecule has 1 aliphatic rings. The predicted octanol–water partition coefficient (Wildman–Crippen LogP) is -4.50. The molecule has 0 aliphatic carbocycles. The van der Waals surface area contributed by atoms with E-state index in [4.69, 9.17) is 16.2 Å². The van der Waals surface area contributed by atoms with Crippen molar-refractivity contribution in [2.24, 2.45) is 11.5 Å². The number of H-pyrrole nitrogens is 1. The standard InChI is InChI=1S/C16H24N6O9/c17-6(2-1-4-19-15(18)29)12(26)21-8(14(27)28)11-9(24)10(25)13(31-11)22-5-3-7(23)20-16(22)30/h3,5-6,8-11,13,24-25H,1-2,4,17H2,(H,21,26)(H,27,28)(H3,18,19,29)(H,20,23,30)/t6-,8+,9+,10-,11-,13-/m1/s1. The Bertz CT molecular complexity index is 931. The molecule has 15 heteroatoms. The first kappa shape index (κ1) is 24.0. The van der Waals surface area contributed by atoms with Crippen LogP contribution in [0.1, 0.15) is 19.1 Å². The molecule has 0 aromatic carbocycles. The fourth-order valence-corrected chi connectivity index (χ4v) is 3.03. The first-order valence-corrected chi connectivity index (χ1v) is 9.18. The van der Waals surface area contributed by atoms with Gasteiger partial charge in [0, 0.05) is 18.8 Å². The molecule has 1 aliphatic heterocycles. The summed E-state index contributed by atoms with van der Waals surface area (Å²) in [5.41, 5.74) is 8.97. The van der Waals surface area contributed by atoms with Crippen LogP contribution in [0.15, 0.2) is 21.9 Å². The number of nitrogens with two attached hydrogens (primary N) is 2. The summed E-state index contributed by atoms with van der Waals surface area (Å²) in [4.78, 5) is 59.6. The third-order valence-electron chi connectivity index (χ3n) is 4.62. The number of carbonyl (C=O) groups excluding carboxylic acids is 2. The Hall–Kier alpha value is -3.27. The van der Waals surface area contributed by atoms with Crippen molar-refractivity contribution in [1.82, 2.24) is 20.2 Å². The van der Waals surface area contributed by atoms with Gasteiger partial charge in [-0.1, -0.05) is 0 Å². The second kappa shape index (κ2) is 10.2. The minimum atomic E-state index is -1.81. The fraction of sp³-hybridized carbons (Fsp3) is 0.562. The molecule has 2 heterocycles. The number of amides is 3. The largest absolute Gasteiger partial charge is 0.480 e. The van der Waals surface area contributed by atoms with E-state index in [0.29, 0.717) is 0 Å². The molecule has 0 unspecified atom stereocenters. The Kier molecular flexibility index (Phi) is 7.87. The summed E-state index contributed by atoms with van der Waals surface area (Å²) in [6.45, 7) is 0.158. The molecule has 3 amide bonds. The van der Waals surface area contributed by atoms with Gasteiger partial charge in [-0.2, -0.15) is 0 Å². The maximum absolute atomic E-state index is 12.3. The maximum atomic E-state index is 12.3. The summed E-state index contributed by atoms with van der Waals surface area (Å²) >= 11 is 0. The number of hydrogen-bond acceptors (Lipinski definition) is 9. The van der Waals surface area contributed by atoms with E-state index in [1.54, 1.807) is 0 Å². The number of ether oxygens (including phenoxy) is 1. The van der Waals surface area contributed by atoms with E-state index in [2.05, 4.69) is 10.6 Å². The quantitative estimate of drug-likeness (QED) is 0.169. The first-order chi connectivity index (χ1) is 14.5. The van der Waals surface area contributed by atoms with Crippen molar-refractivity contribution < 1.29 is 34.4 Å². The van der Waals surface area contributed by atoms with Gasteiger partial charge in [0.25, 0.3) is 5.56 Å². The van der Waals surface area contributed by atoms with Gasteiger partial charge in [-0.25, -0.2) is 14.4 Å². The lowest BCUT2D eigenvalue weighted by molar-refractivity contribution is -0.149. The molecule has 172 valence electrons. The first-order valence-electron chi connectivity index (χ1n) is 9.18. The molecule has 1 aromatic rings. The average Bonchev–Trinajstić information content (AvgIpc) is 2.97. The van der Waals surface area contributed by atoms with Gasteiger partial charge >= 0.3 is 17.7 Å². The molecule has 6 atom stereocenters. The monoisotopic (exact) mass is 444 g/mol. The number of hydrogen-bond donors (Lipinski definition) is 8. The molecule has 0 bridgehead atoms. The molecule has 2 rings (SSSR count). The highest BCUT2D eigenvalue weighted by molar-refractivity contribution is 5.87. The number of primary amides is 1. The third-order valence-corrected chi connectivity index (χ3v) is 4.62. The van der Waals surface area contributed by atoms with Gasteiger partial charge in [0.05, 0.1) is 6.04 Å². The number of carboxylic acid groups (broad SMARTS) is 1. The van der Waals surface area contributed by atoms with Crippen LogP contribution >= 0.6 is 0 Å². The number of aromatic nitrogens is 2. The second-order valence-electron chi connectivity index (χ2n) is 6.85. The number of rotatable bonds is 9. The number of nitrogens with one attached hydrogen (secondary N) is 3. The van der Waals surface area contributed by atoms with Crippen LogP contribution in [0, 0.1) is 0 Å². The Morgan fingerprint density at radius 2 is 1.94 bits per heavy atom. The minimum Gasteiger partial charge on any atom is -0.480 e. The zero-order valence-corrected chi connectivity index (χ0v) is 16.1. The molecule has 15 nitrogen and oxygen atoms in total. The van der Waals surface area contributed by atoms with E-state index >= 15 is 0 Å². The Morgan fingerprint density at radius 1 is 1.26 bits per heavy atom. The zero-order chi connectivity index (χ0) is 23.3. The smallest absolute Gasteiger partial charge is 0.330 e. The van der Waals surface area contributed by atoms with E-state index < -0.39 is 65.8 Å². The van der Waals surface area contributed by atoms with Crippen LogP contribution in [0.4, 0.5) is 4.79 Å². The lowest BCUT2D eigenvalue weighted by atomic mass is 10.0. The normalized spacial score (nSPS) is 24.9. The second-order valence-corrected chi connectivity index (χ2v) is 6.85. The Balaban J connectivity index is 2.09. The number of aliphatic hydroxyl groups excluding tert-OH is 2. The van der Waals surface area contributed by atoms with Gasteiger partial charge in [0.1, 0.15) is 18.3 Å². The molecule has 1 saturated heterocycles. The van der Waals surface area contributed by atoms with Crippen LogP contribution in [0.5, 0.6) is 0 Å². The summed E-state index contributed by atoms with van der Waals surface area (Å²) in [7, 11) is 0. The lowest BCUT2D eigenvalue weighted by Gasteiger charge is -2.24. The van der Waals surface area contributed by atoms with Crippen molar-refractivity contribution in [3.05, 3.63) is 33.1 Å². The number of aliphatic carboxylic acids is 1. The summed E-state index contributed by atoms with van der Waals surface area (Å²) in [6, 6.07) is -2.72. The highest BCUT2D eigenvalue weighted by Gasteiger charge is 2.50. The third kappa shape index (κ3) is 5.88. The van der Waals surface area contributed by atoms with Crippen molar-refractivity contribution in [1.29, 1.82) is 0 Å². The molecule has 1 fully saturated rings. The molecule has 31 heavy (non-hydrogen) atoms. The van der Waals surface area contributed by atoms with E-state index in [1.807, 2.05) is 4.98 Å². The molecule has 1 aromatic heterocycles. The van der Waals surface area contributed by atoms with E-state index in [0.717, 1.165) is 16.8 Å². The number of nitrogens with zero attached hydrogens (tertiary/aromatic N) is 1. The van der Waals surface area contributed by atoms with E-state index in [1.165, 1.54) is 0 Å². The summed E-state index contributed by atoms with van der Waals surface area (Å²) in [5, 5.41) is 34.4. The minimum absolute atomic E-state index is 0.0878. The molecular formula is C16H24N6O9. The van der Waals surface area contributed by atoms with Crippen LogP contribution in [0.25, 0.3) is 0 Å². The van der Waals surface area contributed by atoms with Gasteiger partial charge in [-0.15, -0.1) is 0 Å². The predicted molar refractivity (Wildman–Crippen MR) is 102 cm³/mol. The van der Waals surface area contributed by atoms with Crippen molar-refractivity contribution in [3.63, 3.8) is 0 Å². The van der Waals surface area contributed by atoms with Gasteiger partial charge in [-0.05, 0) is 12.8 Å². The number of carboxylic acids is 1. The van der Waals surface area contributed by atoms with Crippen LogP contribution in [0.3, 0.4) is 0 Å². The van der Waals surface area contributed by atoms with Crippen molar-refractivity contribution in [2.45, 2.75) is 49.5 Å². The highest BCUT2D eigenvalue weighted by Crippen LogP contribution is 2.30. The van der Waals surface area contributed by atoms with Crippen molar-refractivity contribution >= 4 is 17.9 Å². The number of carbonyl (C=O) groups is 3. The molecular weight excluding hydrogens is 420 g/mol. The summed E-state index contributed by atoms with van der Waals surface area (Å²) in [6.07, 6.45) is -5.30. The lowest BCUT2D eigenvalue weighted by Crippen LogP contribution is -2.56. The van der Waals surface area contributed by atoms with Crippen molar-refractivity contribution in [2.75, 3.05) is 6.54 Å². The van der Waals surface area contributed by atoms with Gasteiger partial charge in [-0.3, -0.25) is 19.1 Å². The van der Waals surface area contributed by atoms with Gasteiger partial charge in [0.15, 0.2) is 12.3 Å². The van der Waals surface area contributed by atoms with Crippen LogP contribution < -0.4 is 33.3 Å². The van der Waals surface area contributed by atoms with E-state index in [9.17, 15) is 39.3 Å². The topological polar surface area (TPSA) is 252 Å². The summed E-state index contributed by atoms with van der Waals surface area (Å²) in [5.74, 6) is -2.46. The zero-order valence-electron chi connectivity index (χ0n) is 16.1. The Labute approximate surface area is 174 Å². The molecule has 0 saturated carbocycles. The van der Waals surface area contributed by atoms with Gasteiger partial charge < -0.3 is 42.2 Å². The van der Waals surface area contributed by atoms with Crippen LogP contribution in [0.2, 0.25) is 0 Å². The molecule has 10 N–H and O–H groups in total. The fourth-order valence-electron chi connectivity index (χ4n) is 3.03. The van der Waals surface area contributed by atoms with Crippen LogP contribution in [-0.4, -0.2) is 79.7 Å². The molecule has 0 radical (unpaired) electrons. The maximum Gasteiger partial charge on any atom is 0.330 e. The number of aromatic amines is 1. The van der Waals surface area contributed by atoms with E-state index in [-0.39, 0.29) is 19.4 Å². The Morgan fingerprint density at radius 3 is 2.52 bits per heavy atom. The number of aliphatic hydroxyl groups is 2. The SMILES string of the molecule is NC(=O)NCCC[C@@H](N)C(=O)N[C@H](C(=O)O)[C@H]1O[C@@H](n2ccc(=O)[nH]c2=O)[C@H](O)[C@@H]1O. The van der Waals surface area contributed by atoms with Crippen LogP contribution in [-0.2, 0) is 14.3 Å².